The Morgan fingerprint density at radius 3 is 2.50 bits per heavy atom. The molecule has 5 heteroatoms. The number of carbonyl (C=O) groups is 2. The molecule has 2 N–H and O–H groups in total. The first kappa shape index (κ1) is 11.4. The molecule has 0 spiro atoms. The Morgan fingerprint density at radius 1 is 1.58 bits per heavy atom. The van der Waals surface area contributed by atoms with Gasteiger partial charge in [-0.3, -0.25) is 9.59 Å². The summed E-state index contributed by atoms with van der Waals surface area (Å²) in [7, 11) is 1.30. The van der Waals surface area contributed by atoms with Crippen LogP contribution in [0.25, 0.3) is 0 Å². The summed E-state index contributed by atoms with van der Waals surface area (Å²) in [5, 5.41) is 0. The van der Waals surface area contributed by atoms with E-state index in [0.29, 0.717) is 6.42 Å². The zero-order valence-corrected chi connectivity index (χ0v) is 7.60. The second kappa shape index (κ2) is 4.42. The van der Waals surface area contributed by atoms with Crippen molar-refractivity contribution in [3.8, 4) is 0 Å². The molecule has 0 aliphatic heterocycles. The lowest BCUT2D eigenvalue weighted by Crippen LogP contribution is -2.31. The summed E-state index contributed by atoms with van der Waals surface area (Å²) in [4.78, 5) is 21.7. The molecule has 0 aromatic carbocycles. The van der Waals surface area contributed by atoms with Crippen LogP contribution in [-0.4, -0.2) is 24.9 Å². The highest BCUT2D eigenvalue weighted by molar-refractivity contribution is 5.89. The zero-order chi connectivity index (χ0) is 8.43. The first-order chi connectivity index (χ1) is 5.15. The Morgan fingerprint density at radius 2 is 2.17 bits per heavy atom. The predicted molar refractivity (Wildman–Crippen MR) is 45.0 cm³/mol. The number of nitrogens with two attached hydrogens (primary N) is 1. The Hall–Kier alpha value is -0.610. The number of hydrogen-bond donors (Lipinski definition) is 1. The molecular formula is C7H12ClNO3. The molecular weight excluding hydrogens is 182 g/mol. The van der Waals surface area contributed by atoms with Crippen molar-refractivity contribution < 1.29 is 14.3 Å². The van der Waals surface area contributed by atoms with Gasteiger partial charge in [0.05, 0.1) is 13.0 Å². The third-order valence-corrected chi connectivity index (χ3v) is 1.93. The first-order valence-electron chi connectivity index (χ1n) is 3.50. The van der Waals surface area contributed by atoms with Crippen LogP contribution in [0.15, 0.2) is 0 Å². The molecule has 1 aliphatic carbocycles. The van der Waals surface area contributed by atoms with Gasteiger partial charge in [-0.1, -0.05) is 0 Å². The zero-order valence-electron chi connectivity index (χ0n) is 6.78. The van der Waals surface area contributed by atoms with Crippen LogP contribution < -0.4 is 5.73 Å². The number of ketones is 1. The topological polar surface area (TPSA) is 69.4 Å². The van der Waals surface area contributed by atoms with Crippen molar-refractivity contribution in [3.05, 3.63) is 0 Å². The van der Waals surface area contributed by atoms with E-state index in [9.17, 15) is 9.59 Å². The molecule has 0 radical (unpaired) electrons. The molecule has 2 atom stereocenters. The SMILES string of the molecule is COC(=O)C1CC(=O)CC1N.Cl. The maximum Gasteiger partial charge on any atom is 0.310 e. The van der Waals surface area contributed by atoms with Gasteiger partial charge in [0, 0.05) is 18.9 Å². The van der Waals surface area contributed by atoms with Gasteiger partial charge >= 0.3 is 5.97 Å². The number of halogens is 1. The minimum atomic E-state index is -0.410. The van der Waals surface area contributed by atoms with Gasteiger partial charge in [-0.2, -0.15) is 0 Å². The molecule has 0 amide bonds. The van der Waals surface area contributed by atoms with E-state index in [2.05, 4.69) is 4.74 Å². The number of rotatable bonds is 1. The second-order valence-electron chi connectivity index (χ2n) is 2.74. The van der Waals surface area contributed by atoms with E-state index in [1.165, 1.54) is 7.11 Å². The van der Waals surface area contributed by atoms with E-state index in [1.807, 2.05) is 0 Å². The average Bonchev–Trinajstić information content (AvgIpc) is 2.28. The summed E-state index contributed by atoms with van der Waals surface area (Å²) in [5.74, 6) is -0.733. The molecule has 0 saturated heterocycles. The van der Waals surface area contributed by atoms with Crippen LogP contribution in [0.4, 0.5) is 0 Å². The Balaban J connectivity index is 0.00000121. The van der Waals surface area contributed by atoms with Crippen LogP contribution >= 0.6 is 12.4 Å². The van der Waals surface area contributed by atoms with Crippen LogP contribution in [0.5, 0.6) is 0 Å². The molecule has 1 fully saturated rings. The lowest BCUT2D eigenvalue weighted by molar-refractivity contribution is -0.146. The molecule has 0 bridgehead atoms. The molecule has 0 aromatic rings. The molecule has 70 valence electrons. The van der Waals surface area contributed by atoms with Crippen molar-refractivity contribution in [1.29, 1.82) is 0 Å². The molecule has 4 nitrogen and oxygen atoms in total. The minimum absolute atomic E-state index is 0. The fraction of sp³-hybridized carbons (Fsp3) is 0.714. The minimum Gasteiger partial charge on any atom is -0.469 e. The highest BCUT2D eigenvalue weighted by Crippen LogP contribution is 2.21. The summed E-state index contributed by atoms with van der Waals surface area (Å²) in [6.07, 6.45) is 0.549. The van der Waals surface area contributed by atoms with E-state index in [-0.39, 0.29) is 36.6 Å². The lowest BCUT2D eigenvalue weighted by Gasteiger charge is -2.10. The van der Waals surface area contributed by atoms with Gasteiger partial charge in [-0.05, 0) is 0 Å². The van der Waals surface area contributed by atoms with Crippen LogP contribution in [0, 0.1) is 5.92 Å². The Bertz CT molecular complexity index is 195. The second-order valence-corrected chi connectivity index (χ2v) is 2.74. The monoisotopic (exact) mass is 193 g/mol. The lowest BCUT2D eigenvalue weighted by atomic mass is 10.1. The standard InChI is InChI=1S/C7H11NO3.ClH/c1-11-7(10)5-2-4(9)3-6(5)8;/h5-6H,2-3,8H2,1H3;1H. The van der Waals surface area contributed by atoms with Gasteiger partial charge in [0.2, 0.25) is 0 Å². The smallest absolute Gasteiger partial charge is 0.310 e. The third kappa shape index (κ3) is 2.19. The van der Waals surface area contributed by atoms with Crippen LogP contribution in [0.2, 0.25) is 0 Å². The van der Waals surface area contributed by atoms with Gasteiger partial charge in [0.15, 0.2) is 0 Å². The van der Waals surface area contributed by atoms with Gasteiger partial charge in [0.25, 0.3) is 0 Å². The Kier molecular flexibility index (Phi) is 4.20. The van der Waals surface area contributed by atoms with Crippen LogP contribution in [-0.2, 0) is 14.3 Å². The van der Waals surface area contributed by atoms with Gasteiger partial charge in [-0.25, -0.2) is 0 Å². The number of carbonyl (C=O) groups excluding carboxylic acids is 2. The van der Waals surface area contributed by atoms with Gasteiger partial charge in [0.1, 0.15) is 5.78 Å². The molecule has 0 aromatic heterocycles. The van der Waals surface area contributed by atoms with E-state index < -0.39 is 5.92 Å². The summed E-state index contributed by atoms with van der Waals surface area (Å²) in [6, 6.07) is -0.338. The largest absolute Gasteiger partial charge is 0.469 e. The highest BCUT2D eigenvalue weighted by atomic mass is 35.5. The molecule has 0 heterocycles. The maximum atomic E-state index is 10.9. The molecule has 12 heavy (non-hydrogen) atoms. The summed E-state index contributed by atoms with van der Waals surface area (Å²) in [5.41, 5.74) is 5.52. The van der Waals surface area contributed by atoms with E-state index in [1.54, 1.807) is 0 Å². The molecule has 1 aliphatic rings. The number of Topliss-reactive ketones (excluding diaryl/α,β-unsaturated/α-hetero) is 1. The summed E-state index contributed by atoms with van der Waals surface area (Å²) < 4.78 is 4.48. The normalized spacial score (nSPS) is 28.0. The number of ether oxygens (including phenoxy) is 1. The van der Waals surface area contributed by atoms with E-state index in [4.69, 9.17) is 5.73 Å². The maximum absolute atomic E-state index is 10.9. The van der Waals surface area contributed by atoms with E-state index >= 15 is 0 Å². The van der Waals surface area contributed by atoms with Crippen molar-refractivity contribution >= 4 is 24.2 Å². The quantitative estimate of drug-likeness (QED) is 0.590. The van der Waals surface area contributed by atoms with Crippen LogP contribution in [0.3, 0.4) is 0 Å². The number of esters is 1. The van der Waals surface area contributed by atoms with Crippen molar-refractivity contribution in [3.63, 3.8) is 0 Å². The summed E-state index contributed by atoms with van der Waals surface area (Å²) in [6.45, 7) is 0. The predicted octanol–water partition coefficient (Wildman–Crippen LogP) is -0.112. The Labute approximate surface area is 76.9 Å². The van der Waals surface area contributed by atoms with E-state index in [0.717, 1.165) is 0 Å². The fourth-order valence-corrected chi connectivity index (χ4v) is 1.29. The van der Waals surface area contributed by atoms with Crippen molar-refractivity contribution in [2.45, 2.75) is 18.9 Å². The van der Waals surface area contributed by atoms with Crippen molar-refractivity contribution in [2.75, 3.05) is 7.11 Å². The fourth-order valence-electron chi connectivity index (χ4n) is 1.29. The average molecular weight is 194 g/mol. The number of hydrogen-bond acceptors (Lipinski definition) is 4. The van der Waals surface area contributed by atoms with Crippen molar-refractivity contribution in [1.82, 2.24) is 0 Å². The molecule has 1 rings (SSSR count). The molecule has 1 saturated carbocycles. The van der Waals surface area contributed by atoms with Gasteiger partial charge in [-0.15, -0.1) is 12.4 Å². The third-order valence-electron chi connectivity index (χ3n) is 1.93. The van der Waals surface area contributed by atoms with Crippen LogP contribution in [0.1, 0.15) is 12.8 Å². The van der Waals surface area contributed by atoms with Crippen molar-refractivity contribution in [2.24, 2.45) is 11.7 Å². The number of methoxy groups -OCH3 is 1. The van der Waals surface area contributed by atoms with Gasteiger partial charge < -0.3 is 10.5 Å². The highest BCUT2D eigenvalue weighted by Gasteiger charge is 2.36. The first-order valence-corrected chi connectivity index (χ1v) is 3.50. The summed E-state index contributed by atoms with van der Waals surface area (Å²) >= 11 is 0. The molecule has 2 unspecified atom stereocenters.